The van der Waals surface area contributed by atoms with Crippen molar-refractivity contribution in [2.75, 3.05) is 5.32 Å². The highest BCUT2D eigenvalue weighted by atomic mass is 15.1. The molecular weight excluding hydrogens is 272 g/mol. The Labute approximate surface area is 130 Å². The molecule has 22 heavy (non-hydrogen) atoms. The molecule has 2 aromatic rings. The number of fused-ring (bicyclic) bond motifs is 3. The molecule has 110 valence electrons. The summed E-state index contributed by atoms with van der Waals surface area (Å²) < 4.78 is 0. The van der Waals surface area contributed by atoms with Gasteiger partial charge in [0.05, 0.1) is 0 Å². The van der Waals surface area contributed by atoms with Crippen LogP contribution in [0.2, 0.25) is 0 Å². The molecule has 1 aromatic carbocycles. The van der Waals surface area contributed by atoms with Crippen LogP contribution in [0.3, 0.4) is 0 Å². The lowest BCUT2D eigenvalue weighted by atomic mass is 9.94. The van der Waals surface area contributed by atoms with E-state index in [4.69, 9.17) is 0 Å². The highest BCUT2D eigenvalue weighted by Gasteiger charge is 2.39. The van der Waals surface area contributed by atoms with E-state index < -0.39 is 0 Å². The summed E-state index contributed by atoms with van der Waals surface area (Å²) in [4.78, 5) is 8.43. The van der Waals surface area contributed by atoms with Gasteiger partial charge >= 0.3 is 0 Å². The Morgan fingerprint density at radius 1 is 1.00 bits per heavy atom. The van der Waals surface area contributed by atoms with Crippen molar-refractivity contribution < 1.29 is 0 Å². The molecule has 1 aromatic heterocycles. The van der Waals surface area contributed by atoms with Crippen LogP contribution in [-0.2, 0) is 12.8 Å². The number of nitriles is 1. The van der Waals surface area contributed by atoms with E-state index in [9.17, 15) is 5.26 Å². The average molecular weight is 290 g/mol. The Hall–Kier alpha value is -2.41. The molecule has 1 saturated carbocycles. The molecule has 2 unspecified atom stereocenters. The fourth-order valence-corrected chi connectivity index (χ4v) is 4.07. The number of hydrogen-bond acceptors (Lipinski definition) is 4. The van der Waals surface area contributed by atoms with Crippen molar-refractivity contribution in [3.8, 4) is 6.07 Å². The van der Waals surface area contributed by atoms with Crippen LogP contribution in [0, 0.1) is 23.2 Å². The molecule has 2 aliphatic rings. The number of nitrogens with one attached hydrogen (secondary N) is 1. The van der Waals surface area contributed by atoms with Gasteiger partial charge in [-0.2, -0.15) is 5.26 Å². The van der Waals surface area contributed by atoms with Gasteiger partial charge in [-0.15, -0.1) is 0 Å². The first kappa shape index (κ1) is 13.3. The third kappa shape index (κ3) is 2.23. The first-order chi connectivity index (χ1) is 10.8. The maximum Gasteiger partial charge on any atom is 0.182 e. The van der Waals surface area contributed by atoms with Gasteiger partial charge in [-0.25, -0.2) is 9.97 Å². The number of benzene rings is 1. The van der Waals surface area contributed by atoms with Crippen molar-refractivity contribution >= 4 is 5.82 Å². The Morgan fingerprint density at radius 2 is 1.64 bits per heavy atom. The van der Waals surface area contributed by atoms with E-state index in [0.29, 0.717) is 29.4 Å². The van der Waals surface area contributed by atoms with Gasteiger partial charge in [0.15, 0.2) is 11.5 Å². The third-order valence-electron chi connectivity index (χ3n) is 5.11. The first-order valence-corrected chi connectivity index (χ1v) is 7.89. The highest BCUT2D eigenvalue weighted by Crippen LogP contribution is 2.41. The molecule has 2 aliphatic carbocycles. The molecule has 1 heterocycles. The van der Waals surface area contributed by atoms with E-state index >= 15 is 0 Å². The number of aromatic nitrogens is 2. The molecule has 4 nitrogen and oxygen atoms in total. The van der Waals surface area contributed by atoms with Crippen molar-refractivity contribution in [2.24, 2.45) is 11.8 Å². The number of nitrogens with zero attached hydrogens (tertiary/aromatic N) is 3. The van der Waals surface area contributed by atoms with Gasteiger partial charge in [0, 0.05) is 18.4 Å². The van der Waals surface area contributed by atoms with E-state index in [0.717, 1.165) is 12.8 Å². The molecule has 0 spiro atoms. The van der Waals surface area contributed by atoms with Crippen LogP contribution in [0.15, 0.2) is 36.7 Å². The summed E-state index contributed by atoms with van der Waals surface area (Å²) in [6.07, 6.45) is 7.95. The Bertz CT molecular complexity index is 701. The van der Waals surface area contributed by atoms with Gasteiger partial charge in [0.25, 0.3) is 0 Å². The second-order valence-corrected chi connectivity index (χ2v) is 6.31. The largest absolute Gasteiger partial charge is 0.364 e. The third-order valence-corrected chi connectivity index (χ3v) is 5.11. The predicted molar refractivity (Wildman–Crippen MR) is 84.2 cm³/mol. The number of anilines is 1. The zero-order valence-corrected chi connectivity index (χ0v) is 12.4. The van der Waals surface area contributed by atoms with E-state index in [1.807, 2.05) is 0 Å². The van der Waals surface area contributed by atoms with Gasteiger partial charge in [0.1, 0.15) is 6.07 Å². The standard InChI is InChI=1S/C18H18N4/c19-11-16-18(21-8-7-20-16)22-17-14-5-6-15(17)10-13-4-2-1-3-12(13)9-14/h1-4,7-8,14-15,17H,5-6,9-10H2,(H,21,22). The van der Waals surface area contributed by atoms with Gasteiger partial charge in [-0.05, 0) is 48.6 Å². The lowest BCUT2D eigenvalue weighted by Gasteiger charge is -2.24. The summed E-state index contributed by atoms with van der Waals surface area (Å²) in [5.74, 6) is 1.86. The van der Waals surface area contributed by atoms with Crippen molar-refractivity contribution in [1.29, 1.82) is 5.26 Å². The first-order valence-electron chi connectivity index (χ1n) is 7.89. The molecule has 1 fully saturated rings. The van der Waals surface area contributed by atoms with Crippen molar-refractivity contribution in [3.63, 3.8) is 0 Å². The molecule has 1 N–H and O–H groups in total. The van der Waals surface area contributed by atoms with Gasteiger partial charge in [0.2, 0.25) is 0 Å². The molecule has 4 heteroatoms. The predicted octanol–water partition coefficient (Wildman–Crippen LogP) is 2.95. The fourth-order valence-electron chi connectivity index (χ4n) is 4.07. The van der Waals surface area contributed by atoms with E-state index in [1.54, 1.807) is 12.4 Å². The van der Waals surface area contributed by atoms with Crippen molar-refractivity contribution in [3.05, 3.63) is 53.5 Å². The van der Waals surface area contributed by atoms with Crippen molar-refractivity contribution in [1.82, 2.24) is 9.97 Å². The van der Waals surface area contributed by atoms with Gasteiger partial charge in [-0.3, -0.25) is 0 Å². The van der Waals surface area contributed by atoms with Crippen LogP contribution >= 0.6 is 0 Å². The molecule has 0 saturated heterocycles. The lowest BCUT2D eigenvalue weighted by Crippen LogP contribution is -2.31. The second-order valence-electron chi connectivity index (χ2n) is 6.31. The monoisotopic (exact) mass is 290 g/mol. The van der Waals surface area contributed by atoms with Crippen LogP contribution in [0.4, 0.5) is 5.82 Å². The molecule has 0 amide bonds. The molecular formula is C18H18N4. The SMILES string of the molecule is N#Cc1nccnc1NC1C2CCC1Cc1ccccc1C2. The highest BCUT2D eigenvalue weighted by molar-refractivity contribution is 5.48. The lowest BCUT2D eigenvalue weighted by molar-refractivity contribution is 0.448. The quantitative estimate of drug-likeness (QED) is 0.923. The Morgan fingerprint density at radius 3 is 2.27 bits per heavy atom. The maximum atomic E-state index is 9.20. The minimum atomic E-state index is 0.385. The topological polar surface area (TPSA) is 61.6 Å². The zero-order valence-electron chi connectivity index (χ0n) is 12.4. The zero-order chi connectivity index (χ0) is 14.9. The average Bonchev–Trinajstić information content (AvgIpc) is 2.82. The minimum Gasteiger partial charge on any atom is -0.364 e. The van der Waals surface area contributed by atoms with E-state index in [-0.39, 0.29) is 0 Å². The molecule has 4 rings (SSSR count). The van der Waals surface area contributed by atoms with Gasteiger partial charge < -0.3 is 5.32 Å². The van der Waals surface area contributed by atoms with Crippen molar-refractivity contribution in [2.45, 2.75) is 31.7 Å². The summed E-state index contributed by atoms with van der Waals surface area (Å²) >= 11 is 0. The summed E-state index contributed by atoms with van der Waals surface area (Å²) in [7, 11) is 0. The molecule has 2 bridgehead atoms. The smallest absolute Gasteiger partial charge is 0.182 e. The second kappa shape index (κ2) is 5.42. The van der Waals surface area contributed by atoms with Crippen LogP contribution in [-0.4, -0.2) is 16.0 Å². The van der Waals surface area contributed by atoms with Crippen LogP contribution in [0.1, 0.15) is 29.7 Å². The molecule has 2 atom stereocenters. The minimum absolute atomic E-state index is 0.385. The van der Waals surface area contributed by atoms with Crippen LogP contribution in [0.5, 0.6) is 0 Å². The Kier molecular flexibility index (Phi) is 3.27. The number of rotatable bonds is 2. The maximum absolute atomic E-state index is 9.20. The molecule has 0 aliphatic heterocycles. The summed E-state index contributed by atoms with van der Waals surface area (Å²) in [5, 5.41) is 12.7. The van der Waals surface area contributed by atoms with Crippen LogP contribution in [0.25, 0.3) is 0 Å². The normalized spacial score (nSPS) is 25.9. The van der Waals surface area contributed by atoms with Crippen LogP contribution < -0.4 is 5.32 Å². The van der Waals surface area contributed by atoms with E-state index in [2.05, 4.69) is 45.6 Å². The number of hydrogen-bond donors (Lipinski definition) is 1. The molecule has 0 radical (unpaired) electrons. The fraction of sp³-hybridized carbons (Fsp3) is 0.389. The Balaban J connectivity index is 1.63. The summed E-state index contributed by atoms with van der Waals surface area (Å²) in [6, 6.07) is 11.3. The summed E-state index contributed by atoms with van der Waals surface area (Å²) in [5.41, 5.74) is 3.37. The van der Waals surface area contributed by atoms with Gasteiger partial charge in [-0.1, -0.05) is 24.3 Å². The summed E-state index contributed by atoms with van der Waals surface area (Å²) in [6.45, 7) is 0. The van der Waals surface area contributed by atoms with E-state index in [1.165, 1.54) is 24.0 Å².